The molecule has 1 aromatic carbocycles. The van der Waals surface area contributed by atoms with Crippen LogP contribution < -0.4 is 0 Å². The van der Waals surface area contributed by atoms with Crippen LogP contribution in [0.3, 0.4) is 0 Å². The van der Waals surface area contributed by atoms with Crippen molar-refractivity contribution < 1.29 is 0 Å². The number of pyridine rings is 1. The van der Waals surface area contributed by atoms with Crippen LogP contribution in [0.2, 0.25) is 0 Å². The maximum atomic E-state index is 4.51. The fraction of sp³-hybridized carbons (Fsp3) is 0.133. The van der Waals surface area contributed by atoms with Crippen molar-refractivity contribution in [3.63, 3.8) is 0 Å². The van der Waals surface area contributed by atoms with Crippen molar-refractivity contribution in [3.8, 4) is 0 Å². The van der Waals surface area contributed by atoms with E-state index in [1.165, 1.54) is 0 Å². The van der Waals surface area contributed by atoms with Gasteiger partial charge >= 0.3 is 0 Å². The van der Waals surface area contributed by atoms with E-state index < -0.39 is 0 Å². The summed E-state index contributed by atoms with van der Waals surface area (Å²) < 4.78 is 2.93. The number of fused-ring (bicyclic) bond motifs is 1. The average molecular weight is 329 g/mol. The van der Waals surface area contributed by atoms with Gasteiger partial charge in [0.1, 0.15) is 5.65 Å². The maximum Gasteiger partial charge on any atom is 0.182 e. The molecule has 2 heterocycles. The molecule has 0 fully saturated rings. The van der Waals surface area contributed by atoms with Gasteiger partial charge in [-0.25, -0.2) is 4.98 Å². The Hall–Kier alpha value is -2.01. The second-order valence-corrected chi connectivity index (χ2v) is 5.39. The van der Waals surface area contributed by atoms with E-state index in [1.807, 2.05) is 60.7 Å². The third kappa shape index (κ3) is 2.25. The van der Waals surface area contributed by atoms with E-state index >= 15 is 0 Å². The zero-order valence-corrected chi connectivity index (χ0v) is 12.8. The molecule has 0 saturated heterocycles. The largest absolute Gasteiger partial charge is 0.280 e. The molecule has 0 saturated carbocycles. The van der Waals surface area contributed by atoms with Crippen molar-refractivity contribution >= 4 is 33.1 Å². The molecule has 0 N–H and O–H groups in total. The Morgan fingerprint density at radius 2 is 1.80 bits per heavy atom. The van der Waals surface area contributed by atoms with Gasteiger partial charge in [0.25, 0.3) is 0 Å². The zero-order valence-electron chi connectivity index (χ0n) is 11.2. The SMILES string of the molecule is Cc1nc2cccc(C)n2c1N=Nc1ccccc1Br. The number of benzene rings is 1. The molecule has 0 amide bonds. The summed E-state index contributed by atoms with van der Waals surface area (Å²) in [6, 6.07) is 13.7. The highest BCUT2D eigenvalue weighted by atomic mass is 79.9. The van der Waals surface area contributed by atoms with Gasteiger partial charge in [-0.15, -0.1) is 10.2 Å². The van der Waals surface area contributed by atoms with Crippen molar-refractivity contribution in [1.82, 2.24) is 9.38 Å². The van der Waals surface area contributed by atoms with Gasteiger partial charge in [-0.1, -0.05) is 18.2 Å². The first-order chi connectivity index (χ1) is 9.66. The van der Waals surface area contributed by atoms with E-state index in [-0.39, 0.29) is 0 Å². The number of rotatable bonds is 2. The standard InChI is InChI=1S/C15H13BrN4/c1-10-6-5-9-14-17-11(2)15(20(10)14)19-18-13-8-4-3-7-12(13)16/h3-9H,1-2H3. The highest BCUT2D eigenvalue weighted by molar-refractivity contribution is 9.10. The number of nitrogens with zero attached hydrogens (tertiary/aromatic N) is 4. The molecule has 0 unspecified atom stereocenters. The second kappa shape index (κ2) is 5.17. The van der Waals surface area contributed by atoms with Gasteiger partial charge < -0.3 is 0 Å². The van der Waals surface area contributed by atoms with Crippen LogP contribution in [0.4, 0.5) is 11.5 Å². The molecule has 0 bridgehead atoms. The summed E-state index contributed by atoms with van der Waals surface area (Å²) in [4.78, 5) is 4.51. The molecule has 4 nitrogen and oxygen atoms in total. The minimum absolute atomic E-state index is 0.772. The molecule has 20 heavy (non-hydrogen) atoms. The zero-order chi connectivity index (χ0) is 14.1. The molecule has 0 spiro atoms. The lowest BCUT2D eigenvalue weighted by atomic mass is 10.3. The first kappa shape index (κ1) is 13.0. The number of halogens is 1. The number of aryl methyl sites for hydroxylation is 2. The van der Waals surface area contributed by atoms with Gasteiger partial charge in [0, 0.05) is 10.2 Å². The summed E-state index contributed by atoms with van der Waals surface area (Å²) in [6.07, 6.45) is 0. The molecule has 0 aliphatic carbocycles. The number of hydrogen-bond donors (Lipinski definition) is 0. The van der Waals surface area contributed by atoms with Crippen molar-refractivity contribution in [3.05, 3.63) is 58.3 Å². The van der Waals surface area contributed by atoms with Crippen molar-refractivity contribution in [2.45, 2.75) is 13.8 Å². The average Bonchev–Trinajstić information content (AvgIpc) is 2.75. The first-order valence-electron chi connectivity index (χ1n) is 6.28. The molecule has 3 rings (SSSR count). The van der Waals surface area contributed by atoms with Crippen LogP contribution in [0, 0.1) is 13.8 Å². The highest BCUT2D eigenvalue weighted by Gasteiger charge is 2.09. The van der Waals surface area contributed by atoms with E-state index in [9.17, 15) is 0 Å². The molecule has 0 atom stereocenters. The Morgan fingerprint density at radius 1 is 1.00 bits per heavy atom. The van der Waals surface area contributed by atoms with Crippen LogP contribution >= 0.6 is 15.9 Å². The Bertz CT molecular complexity index is 805. The van der Waals surface area contributed by atoms with Crippen LogP contribution in [0.1, 0.15) is 11.4 Å². The number of azo groups is 1. The molecule has 0 aliphatic rings. The first-order valence-corrected chi connectivity index (χ1v) is 7.07. The Morgan fingerprint density at radius 3 is 2.60 bits per heavy atom. The fourth-order valence-corrected chi connectivity index (χ4v) is 2.46. The fourth-order valence-electron chi connectivity index (χ4n) is 2.10. The van der Waals surface area contributed by atoms with Crippen molar-refractivity contribution in [2.24, 2.45) is 10.2 Å². The lowest BCUT2D eigenvalue weighted by Crippen LogP contribution is -1.88. The van der Waals surface area contributed by atoms with Gasteiger partial charge in [0.2, 0.25) is 0 Å². The lowest BCUT2D eigenvalue weighted by Gasteiger charge is -2.01. The smallest absolute Gasteiger partial charge is 0.182 e. The highest BCUT2D eigenvalue weighted by Crippen LogP contribution is 2.28. The van der Waals surface area contributed by atoms with Crippen molar-refractivity contribution in [2.75, 3.05) is 0 Å². The van der Waals surface area contributed by atoms with Gasteiger partial charge in [-0.3, -0.25) is 4.40 Å². The second-order valence-electron chi connectivity index (χ2n) is 4.53. The lowest BCUT2D eigenvalue weighted by molar-refractivity contribution is 1.04. The summed E-state index contributed by atoms with van der Waals surface area (Å²) in [5.41, 5.74) is 3.65. The molecular weight excluding hydrogens is 316 g/mol. The predicted octanol–water partition coefficient (Wildman–Crippen LogP) is 5.13. The Labute approximate surface area is 125 Å². The van der Waals surface area contributed by atoms with Gasteiger partial charge in [0.15, 0.2) is 5.82 Å². The summed E-state index contributed by atoms with van der Waals surface area (Å²) in [5, 5.41) is 8.70. The maximum absolute atomic E-state index is 4.51. The predicted molar refractivity (Wildman–Crippen MR) is 83.0 cm³/mol. The molecule has 100 valence electrons. The number of hydrogen-bond acceptors (Lipinski definition) is 3. The normalized spacial score (nSPS) is 11.6. The topological polar surface area (TPSA) is 42.0 Å². The molecule has 0 radical (unpaired) electrons. The van der Waals surface area contributed by atoms with E-state index in [2.05, 4.69) is 31.1 Å². The van der Waals surface area contributed by atoms with Crippen LogP contribution in [-0.4, -0.2) is 9.38 Å². The van der Waals surface area contributed by atoms with E-state index in [4.69, 9.17) is 0 Å². The summed E-state index contributed by atoms with van der Waals surface area (Å²) in [7, 11) is 0. The van der Waals surface area contributed by atoms with E-state index in [0.717, 1.165) is 33.0 Å². The molecule has 0 aliphatic heterocycles. The molecular formula is C15H13BrN4. The van der Waals surface area contributed by atoms with Crippen LogP contribution in [0.5, 0.6) is 0 Å². The molecule has 5 heteroatoms. The third-order valence-electron chi connectivity index (χ3n) is 3.09. The Balaban J connectivity index is 2.12. The van der Waals surface area contributed by atoms with E-state index in [0.29, 0.717) is 0 Å². The van der Waals surface area contributed by atoms with Crippen LogP contribution in [0.25, 0.3) is 5.65 Å². The summed E-state index contributed by atoms with van der Waals surface area (Å²) in [6.45, 7) is 3.98. The number of imidazole rings is 1. The summed E-state index contributed by atoms with van der Waals surface area (Å²) in [5.74, 6) is 0.772. The monoisotopic (exact) mass is 328 g/mol. The minimum Gasteiger partial charge on any atom is -0.280 e. The van der Waals surface area contributed by atoms with Crippen molar-refractivity contribution in [1.29, 1.82) is 0 Å². The number of aromatic nitrogens is 2. The molecule has 3 aromatic rings. The van der Waals surface area contributed by atoms with Gasteiger partial charge in [-0.05, 0) is 54.0 Å². The summed E-state index contributed by atoms with van der Waals surface area (Å²) >= 11 is 3.47. The van der Waals surface area contributed by atoms with E-state index in [1.54, 1.807) is 0 Å². The van der Waals surface area contributed by atoms with Gasteiger partial charge in [-0.2, -0.15) is 0 Å². The third-order valence-corrected chi connectivity index (χ3v) is 3.76. The van der Waals surface area contributed by atoms with Crippen LogP contribution in [-0.2, 0) is 0 Å². The molecule has 2 aromatic heterocycles. The van der Waals surface area contributed by atoms with Crippen LogP contribution in [0.15, 0.2) is 57.2 Å². The van der Waals surface area contributed by atoms with Gasteiger partial charge in [0.05, 0.1) is 11.4 Å². The quantitative estimate of drug-likeness (QED) is 0.601. The minimum atomic E-state index is 0.772. The Kier molecular flexibility index (Phi) is 3.36.